The van der Waals surface area contributed by atoms with E-state index < -0.39 is 41.3 Å². The van der Waals surface area contributed by atoms with Crippen LogP contribution in [-0.4, -0.2) is 22.8 Å². The van der Waals surface area contributed by atoms with E-state index in [2.05, 4.69) is 0 Å². The molecule has 0 unspecified atom stereocenters. The summed E-state index contributed by atoms with van der Waals surface area (Å²) in [6, 6.07) is 0.716. The molecule has 9 nitrogen and oxygen atoms in total. The molecule has 1 rings (SSSR count). The van der Waals surface area contributed by atoms with E-state index in [1.165, 1.54) is 0 Å². The van der Waals surface area contributed by atoms with E-state index in [1.54, 1.807) is 0 Å². The molecule has 0 atom stereocenters. The summed E-state index contributed by atoms with van der Waals surface area (Å²) in [5.74, 6) is 0. The molecular weight excluding hydrogens is 319 g/mol. The first kappa shape index (κ1) is 17.9. The van der Waals surface area contributed by atoms with Gasteiger partial charge in [-0.05, 0) is 0 Å². The van der Waals surface area contributed by atoms with Gasteiger partial charge in [0, 0.05) is 12.1 Å². The molecule has 1 aromatic rings. The molecule has 0 aliphatic heterocycles. The summed E-state index contributed by atoms with van der Waals surface area (Å²) in [4.78, 5) is 17.4. The third-order valence-corrected chi connectivity index (χ3v) is 2.86. The first-order valence-electron chi connectivity index (χ1n) is 3.73. The Balaban J connectivity index is 0.00000289. The van der Waals surface area contributed by atoms with Crippen LogP contribution in [-0.2, 0) is 10.1 Å². The first-order chi connectivity index (χ1) is 7.64. The molecule has 92 valence electrons. The Morgan fingerprint density at radius 3 is 1.83 bits per heavy atom. The number of hydrogen-bond donors (Lipinski definition) is 0. The molecule has 0 N–H and O–H groups in total. The van der Waals surface area contributed by atoms with Gasteiger partial charge in [-0.3, -0.25) is 20.2 Å². The molecule has 0 fully saturated rings. The number of nitrogens with zero attached hydrogens (tertiary/aromatic N) is 2. The Hall–Kier alpha value is -0.144. The number of benzene rings is 1. The number of nitro benzene ring substituents is 2. The third-order valence-electron chi connectivity index (χ3n) is 1.69. The second-order valence-corrected chi connectivity index (χ2v) is 4.49. The predicted octanol–water partition coefficient (Wildman–Crippen LogP) is -1.94. The van der Waals surface area contributed by atoms with Crippen molar-refractivity contribution in [2.75, 3.05) is 0 Å². The zero-order valence-corrected chi connectivity index (χ0v) is 13.4. The van der Waals surface area contributed by atoms with Gasteiger partial charge in [0.15, 0.2) is 0 Å². The van der Waals surface area contributed by atoms with Crippen LogP contribution < -0.4 is 51.4 Å². The zero-order chi connectivity index (χ0) is 13.4. The minimum Gasteiger partial charge on any atom is -0.744 e. The maximum absolute atomic E-state index is 10.7. The SMILES string of the molecule is O=[N+]([O-])c1cc(S(=O)(=O)[O-])c([N+](=O)[O-])cc1Cl.[K+]. The third kappa shape index (κ3) is 3.93. The van der Waals surface area contributed by atoms with Gasteiger partial charge in [-0.15, -0.1) is 0 Å². The Bertz CT molecular complexity index is 617. The quantitative estimate of drug-likeness (QED) is 0.273. The molecule has 12 heteroatoms. The van der Waals surface area contributed by atoms with E-state index in [-0.39, 0.29) is 57.5 Å². The van der Waals surface area contributed by atoms with E-state index in [1.807, 2.05) is 0 Å². The van der Waals surface area contributed by atoms with Crippen LogP contribution in [0.3, 0.4) is 0 Å². The maximum atomic E-state index is 10.7. The molecule has 0 radical (unpaired) electrons. The van der Waals surface area contributed by atoms with Gasteiger partial charge in [0.25, 0.3) is 11.4 Å². The number of halogens is 1. The normalized spacial score (nSPS) is 10.6. The Labute approximate surface area is 148 Å². The molecule has 0 aliphatic rings. The van der Waals surface area contributed by atoms with Crippen LogP contribution in [0.5, 0.6) is 0 Å². The van der Waals surface area contributed by atoms with Crippen molar-refractivity contribution in [3.8, 4) is 0 Å². The molecule has 0 heterocycles. The van der Waals surface area contributed by atoms with E-state index >= 15 is 0 Å². The summed E-state index contributed by atoms with van der Waals surface area (Å²) < 4.78 is 32.2. The molecule has 0 aliphatic carbocycles. The van der Waals surface area contributed by atoms with Crippen molar-refractivity contribution >= 4 is 33.1 Å². The Morgan fingerprint density at radius 1 is 1.06 bits per heavy atom. The van der Waals surface area contributed by atoms with Gasteiger partial charge in [-0.2, -0.15) is 0 Å². The second-order valence-electron chi connectivity index (χ2n) is 2.74. The van der Waals surface area contributed by atoms with Gasteiger partial charge < -0.3 is 4.55 Å². The fourth-order valence-corrected chi connectivity index (χ4v) is 1.89. The van der Waals surface area contributed by atoms with Crippen molar-refractivity contribution < 1.29 is 74.2 Å². The molecule has 0 spiro atoms. The van der Waals surface area contributed by atoms with Crippen molar-refractivity contribution in [1.29, 1.82) is 0 Å². The minimum absolute atomic E-state index is 0. The van der Waals surface area contributed by atoms with Crippen LogP contribution in [0.15, 0.2) is 17.0 Å². The predicted molar refractivity (Wildman–Crippen MR) is 52.7 cm³/mol. The first-order valence-corrected chi connectivity index (χ1v) is 5.51. The summed E-state index contributed by atoms with van der Waals surface area (Å²) in [5.41, 5.74) is -2.00. The standard InChI is InChI=1S/C6H3ClN2O7S.K/c7-3-1-5(9(12)13)6(17(14,15)16)2-4(3)8(10)11;/h1-2H,(H,14,15,16);/q;+1/p-1. The van der Waals surface area contributed by atoms with E-state index in [0.29, 0.717) is 6.07 Å². The molecule has 0 saturated heterocycles. The molecule has 0 amide bonds. The van der Waals surface area contributed by atoms with Crippen LogP contribution in [0, 0.1) is 20.2 Å². The van der Waals surface area contributed by atoms with Gasteiger partial charge in [-0.25, -0.2) is 8.42 Å². The fraction of sp³-hybridized carbons (Fsp3) is 0. The second kappa shape index (κ2) is 6.34. The Morgan fingerprint density at radius 2 is 1.50 bits per heavy atom. The fourth-order valence-electron chi connectivity index (χ4n) is 1.01. The zero-order valence-electron chi connectivity index (χ0n) is 8.69. The van der Waals surface area contributed by atoms with Crippen molar-refractivity contribution in [2.24, 2.45) is 0 Å². The van der Waals surface area contributed by atoms with Crippen molar-refractivity contribution in [3.63, 3.8) is 0 Å². The van der Waals surface area contributed by atoms with E-state index in [9.17, 15) is 33.2 Å². The maximum Gasteiger partial charge on any atom is 1.00 e. The van der Waals surface area contributed by atoms with Crippen LogP contribution in [0.2, 0.25) is 5.02 Å². The largest absolute Gasteiger partial charge is 1.00 e. The number of hydrogen-bond acceptors (Lipinski definition) is 7. The Kier molecular flexibility index (Phi) is 6.29. The average Bonchev–Trinajstić information content (AvgIpc) is 2.14. The molecule has 18 heavy (non-hydrogen) atoms. The van der Waals surface area contributed by atoms with E-state index in [0.717, 1.165) is 0 Å². The minimum atomic E-state index is -5.21. The number of nitro groups is 2. The van der Waals surface area contributed by atoms with Crippen molar-refractivity contribution in [3.05, 3.63) is 37.4 Å². The topological polar surface area (TPSA) is 143 Å². The van der Waals surface area contributed by atoms with E-state index in [4.69, 9.17) is 11.6 Å². The summed E-state index contributed by atoms with van der Waals surface area (Å²) in [5, 5.41) is 20.3. The average molecular weight is 321 g/mol. The van der Waals surface area contributed by atoms with Gasteiger partial charge in [-0.1, -0.05) is 11.6 Å². The van der Waals surface area contributed by atoms with Crippen LogP contribution in [0.1, 0.15) is 0 Å². The van der Waals surface area contributed by atoms with Crippen molar-refractivity contribution in [2.45, 2.75) is 4.90 Å². The summed E-state index contributed by atoms with van der Waals surface area (Å²) >= 11 is 5.35. The molecular formula is C6H2ClKN2O7S. The molecule has 0 bridgehead atoms. The molecule has 0 saturated carbocycles. The van der Waals surface area contributed by atoms with Crippen molar-refractivity contribution in [1.82, 2.24) is 0 Å². The van der Waals surface area contributed by atoms with Gasteiger partial charge in [0.1, 0.15) is 20.0 Å². The summed E-state index contributed by atoms with van der Waals surface area (Å²) in [7, 11) is -5.21. The summed E-state index contributed by atoms with van der Waals surface area (Å²) in [6.45, 7) is 0. The monoisotopic (exact) mass is 320 g/mol. The molecule has 0 aromatic heterocycles. The van der Waals surface area contributed by atoms with Gasteiger partial charge >= 0.3 is 51.4 Å². The van der Waals surface area contributed by atoms with Crippen LogP contribution in [0.25, 0.3) is 0 Å². The smallest absolute Gasteiger partial charge is 0.744 e. The number of rotatable bonds is 3. The van der Waals surface area contributed by atoms with Gasteiger partial charge in [0.05, 0.1) is 9.85 Å². The van der Waals surface area contributed by atoms with Crippen LogP contribution >= 0.6 is 11.6 Å². The molecule has 1 aromatic carbocycles. The van der Waals surface area contributed by atoms with Crippen LogP contribution in [0.4, 0.5) is 11.4 Å². The van der Waals surface area contributed by atoms with Gasteiger partial charge in [0.2, 0.25) is 0 Å². The summed E-state index contributed by atoms with van der Waals surface area (Å²) in [6.07, 6.45) is 0.